The molecule has 118 valence electrons. The van der Waals surface area contributed by atoms with E-state index in [1.165, 1.54) is 17.7 Å². The number of amides is 1. The van der Waals surface area contributed by atoms with Crippen LogP contribution in [0.5, 0.6) is 0 Å². The molecule has 0 aromatic carbocycles. The van der Waals surface area contributed by atoms with Crippen LogP contribution in [-0.4, -0.2) is 29.4 Å². The Morgan fingerprint density at radius 3 is 2.67 bits per heavy atom. The molecule has 0 aliphatic heterocycles. The van der Waals surface area contributed by atoms with Crippen LogP contribution in [-0.2, 0) is 4.79 Å². The van der Waals surface area contributed by atoms with Gasteiger partial charge in [-0.1, -0.05) is 19.8 Å². The van der Waals surface area contributed by atoms with E-state index in [0.29, 0.717) is 12.6 Å². The van der Waals surface area contributed by atoms with Gasteiger partial charge in [-0.15, -0.1) is 11.3 Å². The Balaban J connectivity index is 2.31. The quantitative estimate of drug-likeness (QED) is 0.771. The number of hydrogen-bond donors (Lipinski definition) is 2. The first-order valence-electron chi connectivity index (χ1n) is 7.56. The number of rotatable bonds is 7. The van der Waals surface area contributed by atoms with E-state index < -0.39 is 0 Å². The average molecular weight is 374 g/mol. The number of carbonyl (C=O) groups is 1. The molecule has 2 atom stereocenters. The second kappa shape index (κ2) is 7.72. The normalized spacial score (nSPS) is 19.0. The second-order valence-electron chi connectivity index (χ2n) is 5.76. The van der Waals surface area contributed by atoms with Crippen LogP contribution in [0.15, 0.2) is 15.9 Å². The van der Waals surface area contributed by atoms with Crippen molar-refractivity contribution in [3.63, 3.8) is 0 Å². The highest BCUT2D eigenvalue weighted by Crippen LogP contribution is 2.36. The first-order chi connectivity index (χ1) is 10.0. The monoisotopic (exact) mass is 373 g/mol. The predicted molar refractivity (Wildman–Crippen MR) is 91.2 cm³/mol. The van der Waals surface area contributed by atoms with E-state index in [4.69, 9.17) is 11.5 Å². The van der Waals surface area contributed by atoms with Crippen LogP contribution in [0.3, 0.4) is 0 Å². The molecule has 1 amide bonds. The van der Waals surface area contributed by atoms with Gasteiger partial charge in [-0.05, 0) is 41.3 Å². The molecule has 1 fully saturated rings. The Hall–Kier alpha value is -0.430. The van der Waals surface area contributed by atoms with Crippen molar-refractivity contribution in [1.29, 1.82) is 0 Å². The Morgan fingerprint density at radius 1 is 1.52 bits per heavy atom. The number of halogens is 1. The lowest BCUT2D eigenvalue weighted by Gasteiger charge is -2.38. The molecule has 4 N–H and O–H groups in total. The van der Waals surface area contributed by atoms with Gasteiger partial charge >= 0.3 is 0 Å². The van der Waals surface area contributed by atoms with Crippen molar-refractivity contribution in [3.05, 3.63) is 20.8 Å². The molecule has 2 unspecified atom stereocenters. The fraction of sp³-hybridized carbons (Fsp3) is 0.667. The van der Waals surface area contributed by atoms with Gasteiger partial charge in [-0.25, -0.2) is 0 Å². The van der Waals surface area contributed by atoms with Crippen molar-refractivity contribution < 1.29 is 4.79 Å². The molecule has 0 saturated heterocycles. The first kappa shape index (κ1) is 16.9. The maximum absolute atomic E-state index is 11.6. The SMILES string of the molecule is CCC(N)C(c1cc(Br)cs1)N(CC(N)=O)C1CCCC1. The van der Waals surface area contributed by atoms with Gasteiger partial charge in [-0.2, -0.15) is 0 Å². The minimum atomic E-state index is -0.272. The highest BCUT2D eigenvalue weighted by Gasteiger charge is 2.34. The molecule has 1 aromatic heterocycles. The molecule has 0 bridgehead atoms. The van der Waals surface area contributed by atoms with Gasteiger partial charge in [0.15, 0.2) is 0 Å². The summed E-state index contributed by atoms with van der Waals surface area (Å²) in [7, 11) is 0. The van der Waals surface area contributed by atoms with Gasteiger partial charge in [-0.3, -0.25) is 9.69 Å². The van der Waals surface area contributed by atoms with Crippen molar-refractivity contribution in [2.45, 2.75) is 57.2 Å². The third-order valence-corrected chi connectivity index (χ3v) is 6.01. The van der Waals surface area contributed by atoms with Crippen LogP contribution >= 0.6 is 27.3 Å². The number of carbonyl (C=O) groups excluding carboxylic acids is 1. The van der Waals surface area contributed by atoms with Crippen LogP contribution in [0.1, 0.15) is 49.9 Å². The van der Waals surface area contributed by atoms with Crippen LogP contribution in [0.2, 0.25) is 0 Å². The largest absolute Gasteiger partial charge is 0.369 e. The molecule has 21 heavy (non-hydrogen) atoms. The van der Waals surface area contributed by atoms with Crippen molar-refractivity contribution >= 4 is 33.2 Å². The smallest absolute Gasteiger partial charge is 0.231 e. The minimum Gasteiger partial charge on any atom is -0.369 e. The van der Waals surface area contributed by atoms with Gasteiger partial charge in [0.05, 0.1) is 12.6 Å². The zero-order chi connectivity index (χ0) is 15.4. The molecule has 0 spiro atoms. The summed E-state index contributed by atoms with van der Waals surface area (Å²) >= 11 is 5.21. The molecule has 1 aromatic rings. The summed E-state index contributed by atoms with van der Waals surface area (Å²) in [4.78, 5) is 15.0. The van der Waals surface area contributed by atoms with Gasteiger partial charge in [0.25, 0.3) is 0 Å². The van der Waals surface area contributed by atoms with Gasteiger partial charge in [0.1, 0.15) is 0 Å². The lowest BCUT2D eigenvalue weighted by molar-refractivity contribution is -0.120. The third-order valence-electron chi connectivity index (χ3n) is 4.25. The summed E-state index contributed by atoms with van der Waals surface area (Å²) < 4.78 is 1.07. The Labute approximate surface area is 139 Å². The van der Waals surface area contributed by atoms with Crippen molar-refractivity contribution in [2.75, 3.05) is 6.54 Å². The topological polar surface area (TPSA) is 72.3 Å². The fourth-order valence-corrected chi connectivity index (χ4v) is 4.84. The van der Waals surface area contributed by atoms with Gasteiger partial charge in [0, 0.05) is 26.8 Å². The average Bonchev–Trinajstić information content (AvgIpc) is 3.09. The number of hydrogen-bond acceptors (Lipinski definition) is 4. The summed E-state index contributed by atoms with van der Waals surface area (Å²) in [5.41, 5.74) is 11.9. The molecule has 2 rings (SSSR count). The summed E-state index contributed by atoms with van der Waals surface area (Å²) in [6.07, 6.45) is 5.59. The van der Waals surface area contributed by atoms with Gasteiger partial charge < -0.3 is 11.5 Å². The van der Waals surface area contributed by atoms with E-state index in [2.05, 4.69) is 39.2 Å². The van der Waals surface area contributed by atoms with Crippen LogP contribution in [0.25, 0.3) is 0 Å². The zero-order valence-electron chi connectivity index (χ0n) is 12.4. The Morgan fingerprint density at radius 2 is 2.19 bits per heavy atom. The third kappa shape index (κ3) is 4.28. The van der Waals surface area contributed by atoms with E-state index in [9.17, 15) is 4.79 Å². The minimum absolute atomic E-state index is 0.00972. The molecular formula is C15H24BrN3OS. The molecule has 1 heterocycles. The molecule has 1 saturated carbocycles. The standard InChI is InChI=1S/C15H24BrN3OS/c1-2-12(17)15(13-7-10(16)9-21-13)19(8-14(18)20)11-5-3-4-6-11/h7,9,11-12,15H,2-6,8,17H2,1H3,(H2,18,20). The number of nitrogens with two attached hydrogens (primary N) is 2. The maximum Gasteiger partial charge on any atom is 0.231 e. The number of primary amides is 1. The van der Waals surface area contributed by atoms with Crippen molar-refractivity contribution in [2.24, 2.45) is 11.5 Å². The highest BCUT2D eigenvalue weighted by molar-refractivity contribution is 9.10. The molecule has 1 aliphatic rings. The van der Waals surface area contributed by atoms with E-state index in [1.807, 2.05) is 0 Å². The fourth-order valence-electron chi connectivity index (χ4n) is 3.20. The van der Waals surface area contributed by atoms with Gasteiger partial charge in [0.2, 0.25) is 5.91 Å². The zero-order valence-corrected chi connectivity index (χ0v) is 14.8. The van der Waals surface area contributed by atoms with E-state index in [-0.39, 0.29) is 18.0 Å². The van der Waals surface area contributed by atoms with Crippen LogP contribution in [0.4, 0.5) is 0 Å². The van der Waals surface area contributed by atoms with E-state index in [1.54, 1.807) is 11.3 Å². The summed E-state index contributed by atoms with van der Waals surface area (Å²) in [6.45, 7) is 2.38. The van der Waals surface area contributed by atoms with Crippen LogP contribution < -0.4 is 11.5 Å². The van der Waals surface area contributed by atoms with Crippen molar-refractivity contribution in [3.8, 4) is 0 Å². The molecule has 0 radical (unpaired) electrons. The molecule has 6 heteroatoms. The summed E-state index contributed by atoms with van der Waals surface area (Å²) in [5.74, 6) is -0.272. The number of nitrogens with zero attached hydrogens (tertiary/aromatic N) is 1. The van der Waals surface area contributed by atoms with Crippen LogP contribution in [0, 0.1) is 0 Å². The van der Waals surface area contributed by atoms with Crippen molar-refractivity contribution in [1.82, 2.24) is 4.90 Å². The Kier molecular flexibility index (Phi) is 6.22. The first-order valence-corrected chi connectivity index (χ1v) is 9.23. The molecule has 1 aliphatic carbocycles. The lowest BCUT2D eigenvalue weighted by atomic mass is 10.00. The molecular weight excluding hydrogens is 350 g/mol. The molecule has 4 nitrogen and oxygen atoms in total. The summed E-state index contributed by atoms with van der Waals surface area (Å²) in [6, 6.07) is 2.62. The lowest BCUT2D eigenvalue weighted by Crippen LogP contribution is -2.48. The predicted octanol–water partition coefficient (Wildman–Crippen LogP) is 3.02. The van der Waals surface area contributed by atoms with E-state index >= 15 is 0 Å². The summed E-state index contributed by atoms with van der Waals surface area (Å²) in [5, 5.41) is 2.07. The Bertz CT molecular complexity index is 473. The van der Waals surface area contributed by atoms with E-state index in [0.717, 1.165) is 23.7 Å². The number of thiophene rings is 1. The highest BCUT2D eigenvalue weighted by atomic mass is 79.9. The second-order valence-corrected chi connectivity index (χ2v) is 7.62. The maximum atomic E-state index is 11.6.